The van der Waals surface area contributed by atoms with Crippen LogP contribution in [0, 0.1) is 17.8 Å². The van der Waals surface area contributed by atoms with Gasteiger partial charge in [-0.2, -0.15) is 17.6 Å². The fourth-order valence-electron chi connectivity index (χ4n) is 2.21. The van der Waals surface area contributed by atoms with E-state index in [-0.39, 0.29) is 11.4 Å². The van der Waals surface area contributed by atoms with Crippen molar-refractivity contribution in [2.75, 3.05) is 0 Å². The second-order valence-electron chi connectivity index (χ2n) is 5.58. The van der Waals surface area contributed by atoms with Crippen LogP contribution in [0.15, 0.2) is 30.5 Å². The number of rotatable bonds is 5. The van der Waals surface area contributed by atoms with E-state index < -0.39 is 17.7 Å². The van der Waals surface area contributed by atoms with Gasteiger partial charge in [-0.05, 0) is 24.5 Å². The molecule has 132 valence electrons. The molecule has 25 heavy (non-hydrogen) atoms. The summed E-state index contributed by atoms with van der Waals surface area (Å²) >= 11 is 0. The van der Waals surface area contributed by atoms with Gasteiger partial charge in [-0.15, -0.1) is 0 Å². The zero-order valence-corrected chi connectivity index (χ0v) is 13.8. The molecule has 0 saturated heterocycles. The van der Waals surface area contributed by atoms with E-state index in [1.54, 1.807) is 0 Å². The fraction of sp³-hybridized carbons (Fsp3) is 0.368. The van der Waals surface area contributed by atoms with Gasteiger partial charge in [0.05, 0.1) is 17.5 Å². The summed E-state index contributed by atoms with van der Waals surface area (Å²) in [5.74, 6) is 4.70. The van der Waals surface area contributed by atoms with E-state index in [0.29, 0.717) is 12.0 Å². The van der Waals surface area contributed by atoms with Crippen LogP contribution in [0.3, 0.4) is 0 Å². The molecule has 0 radical (unpaired) electrons. The molecule has 6 heteroatoms. The average molecular weight is 350 g/mol. The number of unbranched alkanes of at least 4 members (excludes halogenated alkanes) is 4. The highest BCUT2D eigenvalue weighted by Crippen LogP contribution is 2.30. The first-order valence-electron chi connectivity index (χ1n) is 8.11. The maximum atomic E-state index is 14.0. The van der Waals surface area contributed by atoms with Crippen molar-refractivity contribution in [3.63, 3.8) is 0 Å². The van der Waals surface area contributed by atoms with E-state index >= 15 is 0 Å². The van der Waals surface area contributed by atoms with Gasteiger partial charge in [0.2, 0.25) is 5.95 Å². The number of hydrogen-bond acceptors (Lipinski definition) is 2. The molecule has 1 heterocycles. The molecule has 0 unspecified atom stereocenters. The van der Waals surface area contributed by atoms with Crippen LogP contribution < -0.4 is 0 Å². The molecule has 0 atom stereocenters. The lowest BCUT2D eigenvalue weighted by atomic mass is 10.1. The minimum absolute atomic E-state index is 0.0499. The number of aromatic nitrogens is 2. The first-order valence-corrected chi connectivity index (χ1v) is 8.11. The summed E-state index contributed by atoms with van der Waals surface area (Å²) in [6.07, 6.45) is 1.91. The topological polar surface area (TPSA) is 25.8 Å². The normalized spacial score (nSPS) is 11.1. The molecular formula is C19H18F4N2. The van der Waals surface area contributed by atoms with Crippen LogP contribution in [-0.2, 0) is 6.18 Å². The molecule has 0 saturated carbocycles. The highest BCUT2D eigenvalue weighted by Gasteiger charge is 2.30. The van der Waals surface area contributed by atoms with Crippen LogP contribution in [-0.4, -0.2) is 9.97 Å². The molecule has 1 aromatic heterocycles. The third kappa shape index (κ3) is 5.56. The number of nitrogens with zero attached hydrogens (tertiary/aromatic N) is 2. The second kappa shape index (κ2) is 8.61. The summed E-state index contributed by atoms with van der Waals surface area (Å²) in [7, 11) is 0. The van der Waals surface area contributed by atoms with Crippen molar-refractivity contribution < 1.29 is 17.6 Å². The van der Waals surface area contributed by atoms with Crippen molar-refractivity contribution in [3.8, 4) is 23.1 Å². The summed E-state index contributed by atoms with van der Waals surface area (Å²) in [6, 6.07) is 4.34. The Morgan fingerprint density at radius 2 is 1.76 bits per heavy atom. The van der Waals surface area contributed by atoms with Crippen LogP contribution in [0.25, 0.3) is 11.3 Å². The Balaban J connectivity index is 2.07. The molecule has 0 aliphatic heterocycles. The molecule has 2 aromatic rings. The molecule has 1 aromatic carbocycles. The van der Waals surface area contributed by atoms with Crippen molar-refractivity contribution in [1.29, 1.82) is 0 Å². The van der Waals surface area contributed by atoms with Gasteiger partial charge in [-0.25, -0.2) is 9.97 Å². The fourth-order valence-corrected chi connectivity index (χ4v) is 2.21. The third-order valence-electron chi connectivity index (χ3n) is 3.60. The van der Waals surface area contributed by atoms with E-state index in [9.17, 15) is 17.6 Å². The van der Waals surface area contributed by atoms with E-state index in [0.717, 1.165) is 37.8 Å². The minimum atomic E-state index is -4.41. The van der Waals surface area contributed by atoms with Gasteiger partial charge in [-0.1, -0.05) is 44.2 Å². The molecule has 2 rings (SSSR count). The smallest absolute Gasteiger partial charge is 0.241 e. The second-order valence-corrected chi connectivity index (χ2v) is 5.58. The van der Waals surface area contributed by atoms with Crippen molar-refractivity contribution in [3.05, 3.63) is 47.7 Å². The predicted octanol–water partition coefficient (Wildman–Crippen LogP) is 5.62. The van der Waals surface area contributed by atoms with Crippen LogP contribution >= 0.6 is 0 Å². The van der Waals surface area contributed by atoms with E-state index in [1.807, 2.05) is 0 Å². The molecule has 0 aliphatic carbocycles. The van der Waals surface area contributed by atoms with Gasteiger partial charge in [0.15, 0.2) is 5.69 Å². The molecule has 0 N–H and O–H groups in total. The summed E-state index contributed by atoms with van der Waals surface area (Å²) in [5.41, 5.74) is -0.292. The van der Waals surface area contributed by atoms with Crippen molar-refractivity contribution in [1.82, 2.24) is 9.97 Å². The monoisotopic (exact) mass is 350 g/mol. The Labute approximate surface area is 144 Å². The van der Waals surface area contributed by atoms with E-state index in [2.05, 4.69) is 28.7 Å². The Morgan fingerprint density at radius 3 is 2.36 bits per heavy atom. The SMILES string of the molecule is CCCCCCC#Cc1ncc(-c2ccc(C(F)(F)F)cc2)nc1F. The quantitative estimate of drug-likeness (QED) is 0.397. The summed E-state index contributed by atoms with van der Waals surface area (Å²) < 4.78 is 51.6. The van der Waals surface area contributed by atoms with Crippen LogP contribution in [0.4, 0.5) is 17.6 Å². The molecule has 0 amide bonds. The van der Waals surface area contributed by atoms with Crippen molar-refractivity contribution in [2.45, 2.75) is 45.2 Å². The Morgan fingerprint density at radius 1 is 1.04 bits per heavy atom. The molecule has 2 nitrogen and oxygen atoms in total. The van der Waals surface area contributed by atoms with Gasteiger partial charge in [0.25, 0.3) is 0 Å². The van der Waals surface area contributed by atoms with Gasteiger partial charge in [0, 0.05) is 12.0 Å². The minimum Gasteiger partial charge on any atom is -0.241 e. The highest BCUT2D eigenvalue weighted by molar-refractivity contribution is 5.58. The van der Waals surface area contributed by atoms with Gasteiger partial charge >= 0.3 is 6.18 Å². The molecule has 0 aliphatic rings. The lowest BCUT2D eigenvalue weighted by Crippen LogP contribution is -2.04. The molecular weight excluding hydrogens is 332 g/mol. The molecule has 0 spiro atoms. The summed E-state index contributed by atoms with van der Waals surface area (Å²) in [4.78, 5) is 7.68. The largest absolute Gasteiger partial charge is 0.416 e. The zero-order chi connectivity index (χ0) is 18.3. The van der Waals surface area contributed by atoms with Crippen LogP contribution in [0.1, 0.15) is 50.3 Å². The molecule has 0 bridgehead atoms. The Hall–Kier alpha value is -2.42. The first-order chi connectivity index (χ1) is 11.9. The number of hydrogen-bond donors (Lipinski definition) is 0. The van der Waals surface area contributed by atoms with E-state index in [1.165, 1.54) is 18.3 Å². The highest BCUT2D eigenvalue weighted by atomic mass is 19.4. The Kier molecular flexibility index (Phi) is 6.51. The van der Waals surface area contributed by atoms with Crippen LogP contribution in [0.2, 0.25) is 0 Å². The summed E-state index contributed by atoms with van der Waals surface area (Å²) in [5, 5.41) is 0. The van der Waals surface area contributed by atoms with E-state index in [4.69, 9.17) is 0 Å². The maximum Gasteiger partial charge on any atom is 0.416 e. The van der Waals surface area contributed by atoms with Gasteiger partial charge < -0.3 is 0 Å². The lowest BCUT2D eigenvalue weighted by molar-refractivity contribution is -0.137. The first kappa shape index (κ1) is 18.9. The number of halogens is 4. The summed E-state index contributed by atoms with van der Waals surface area (Å²) in [6.45, 7) is 2.12. The van der Waals surface area contributed by atoms with Crippen molar-refractivity contribution >= 4 is 0 Å². The predicted molar refractivity (Wildman–Crippen MR) is 88.1 cm³/mol. The van der Waals surface area contributed by atoms with Crippen LogP contribution in [0.5, 0.6) is 0 Å². The zero-order valence-electron chi connectivity index (χ0n) is 13.8. The average Bonchev–Trinajstić information content (AvgIpc) is 2.58. The van der Waals surface area contributed by atoms with Gasteiger partial charge in [0.1, 0.15) is 0 Å². The third-order valence-corrected chi connectivity index (χ3v) is 3.60. The maximum absolute atomic E-state index is 14.0. The van der Waals surface area contributed by atoms with Crippen molar-refractivity contribution in [2.24, 2.45) is 0 Å². The standard InChI is InChI=1S/C19H18F4N2/c1-2-3-4-5-6-7-8-16-18(20)25-17(13-24-16)14-9-11-15(12-10-14)19(21,22)23/h9-13H,2-6H2,1H3. The number of benzene rings is 1. The van der Waals surface area contributed by atoms with Gasteiger partial charge in [-0.3, -0.25) is 0 Å². The Bertz CT molecular complexity index is 756. The molecule has 0 fully saturated rings. The lowest BCUT2D eigenvalue weighted by Gasteiger charge is -2.07. The number of alkyl halides is 3.